The van der Waals surface area contributed by atoms with Crippen LogP contribution in [0.3, 0.4) is 0 Å². The minimum absolute atomic E-state index is 0.348. The van der Waals surface area contributed by atoms with Crippen molar-refractivity contribution in [3.05, 3.63) is 0 Å². The highest BCUT2D eigenvalue weighted by atomic mass is 14.6. The van der Waals surface area contributed by atoms with Crippen LogP contribution >= 0.6 is 0 Å². The maximum atomic E-state index is 9.55. The molecule has 21 heavy (non-hydrogen) atoms. The van der Waals surface area contributed by atoms with Crippen LogP contribution < -0.4 is 0 Å². The fourth-order valence-corrected chi connectivity index (χ4v) is 7.51. The number of rotatable bonds is 0. The average Bonchev–Trinajstić information content (AvgIpc) is 2.83. The van der Waals surface area contributed by atoms with Gasteiger partial charge in [-0.15, -0.1) is 0 Å². The van der Waals surface area contributed by atoms with E-state index in [9.17, 15) is 5.26 Å². The zero-order chi connectivity index (χ0) is 14.7. The van der Waals surface area contributed by atoms with Crippen molar-refractivity contribution in [2.45, 2.75) is 78.1 Å². The van der Waals surface area contributed by atoms with Gasteiger partial charge in [-0.25, -0.2) is 0 Å². The average molecular weight is 285 g/mol. The van der Waals surface area contributed by atoms with Gasteiger partial charge in [-0.3, -0.25) is 0 Å². The smallest absolute Gasteiger partial charge is 0.0661 e. The summed E-state index contributed by atoms with van der Waals surface area (Å²) < 4.78 is 0. The second-order valence-corrected chi connectivity index (χ2v) is 9.21. The van der Waals surface area contributed by atoms with Gasteiger partial charge in [0.2, 0.25) is 0 Å². The molecule has 0 N–H and O–H groups in total. The van der Waals surface area contributed by atoms with Crippen LogP contribution in [-0.4, -0.2) is 0 Å². The molecule has 1 heteroatoms. The van der Waals surface area contributed by atoms with Crippen LogP contribution in [0, 0.1) is 51.8 Å². The molecule has 1 nitrogen and oxygen atoms in total. The first kappa shape index (κ1) is 14.1. The predicted octanol–water partition coefficient (Wildman–Crippen LogP) is 5.56. The molecule has 0 aromatic heterocycles. The van der Waals surface area contributed by atoms with E-state index in [1.807, 2.05) is 0 Å². The molecular formula is C20H31N. The number of hydrogen-bond acceptors (Lipinski definition) is 1. The topological polar surface area (TPSA) is 23.8 Å². The molecule has 7 atom stereocenters. The van der Waals surface area contributed by atoms with E-state index in [0.29, 0.717) is 16.7 Å². The first-order valence-corrected chi connectivity index (χ1v) is 9.49. The highest BCUT2D eigenvalue weighted by molar-refractivity contribution is 5.12. The molecule has 4 aliphatic carbocycles. The number of nitrogens with zero attached hydrogens (tertiary/aromatic N) is 1. The van der Waals surface area contributed by atoms with Gasteiger partial charge in [-0.05, 0) is 85.9 Å². The van der Waals surface area contributed by atoms with Gasteiger partial charge < -0.3 is 0 Å². The van der Waals surface area contributed by atoms with E-state index in [1.54, 1.807) is 0 Å². The van der Waals surface area contributed by atoms with Gasteiger partial charge in [0.1, 0.15) is 0 Å². The van der Waals surface area contributed by atoms with E-state index in [2.05, 4.69) is 19.9 Å². The van der Waals surface area contributed by atoms with Gasteiger partial charge in [0.25, 0.3) is 0 Å². The zero-order valence-electron chi connectivity index (χ0n) is 13.9. The Labute approximate surface area is 130 Å². The lowest BCUT2D eigenvalue weighted by Crippen LogP contribution is -2.52. The Morgan fingerprint density at radius 3 is 2.43 bits per heavy atom. The molecule has 0 aliphatic heterocycles. The van der Waals surface area contributed by atoms with Gasteiger partial charge in [-0.2, -0.15) is 5.26 Å². The summed E-state index contributed by atoms with van der Waals surface area (Å²) in [7, 11) is 0. The monoisotopic (exact) mass is 285 g/mol. The third-order valence-corrected chi connectivity index (χ3v) is 8.74. The molecular weight excluding hydrogens is 254 g/mol. The Morgan fingerprint density at radius 1 is 0.810 bits per heavy atom. The lowest BCUT2D eigenvalue weighted by Gasteiger charge is -2.60. The Morgan fingerprint density at radius 2 is 1.62 bits per heavy atom. The fraction of sp³-hybridized carbons (Fsp3) is 0.950. The normalized spacial score (nSPS) is 56.0. The number of nitriles is 1. The van der Waals surface area contributed by atoms with E-state index in [0.717, 1.165) is 23.7 Å². The molecule has 116 valence electrons. The van der Waals surface area contributed by atoms with E-state index in [1.165, 1.54) is 64.2 Å². The van der Waals surface area contributed by atoms with E-state index in [4.69, 9.17) is 0 Å². The molecule has 4 fully saturated rings. The first-order valence-electron chi connectivity index (χ1n) is 9.49. The molecule has 4 saturated carbocycles. The molecule has 0 heterocycles. The Hall–Kier alpha value is -0.510. The number of fused-ring (bicyclic) bond motifs is 5. The first-order chi connectivity index (χ1) is 10.1. The van der Waals surface area contributed by atoms with Gasteiger partial charge in [0.15, 0.2) is 0 Å². The third kappa shape index (κ3) is 1.80. The van der Waals surface area contributed by atoms with Crippen LogP contribution in [0.25, 0.3) is 0 Å². The minimum Gasteiger partial charge on any atom is -0.198 e. The van der Waals surface area contributed by atoms with Crippen molar-refractivity contribution < 1.29 is 0 Å². The molecule has 0 bridgehead atoms. The summed E-state index contributed by atoms with van der Waals surface area (Å²) in [5.41, 5.74) is 1.00. The maximum absolute atomic E-state index is 9.55. The highest BCUT2D eigenvalue weighted by Gasteiger charge is 2.59. The Kier molecular flexibility index (Phi) is 3.18. The van der Waals surface area contributed by atoms with Crippen molar-refractivity contribution in [3.63, 3.8) is 0 Å². The molecule has 4 rings (SSSR count). The molecule has 0 radical (unpaired) electrons. The zero-order valence-corrected chi connectivity index (χ0v) is 13.9. The molecule has 4 aliphatic rings. The standard InChI is InChI=1S/C20H31N/c1-19-11-4-3-5-14(19)6-8-16-17-9-7-15(13-21)20(17,2)12-10-18(16)19/h14-18H,3-12H2,1-2H3/t14?,15-,16+,17+,18+,19+,20-/m1/s1. The van der Waals surface area contributed by atoms with Crippen molar-refractivity contribution in [3.8, 4) is 6.07 Å². The molecule has 0 aromatic rings. The summed E-state index contributed by atoms with van der Waals surface area (Å²) in [6, 6.07) is 2.66. The van der Waals surface area contributed by atoms with Crippen molar-refractivity contribution in [2.24, 2.45) is 40.4 Å². The molecule has 1 unspecified atom stereocenters. The summed E-state index contributed by atoms with van der Waals surface area (Å²) in [4.78, 5) is 0. The molecule has 0 aromatic carbocycles. The summed E-state index contributed by atoms with van der Waals surface area (Å²) in [5, 5.41) is 9.55. The predicted molar refractivity (Wildman–Crippen MR) is 85.4 cm³/mol. The van der Waals surface area contributed by atoms with Crippen molar-refractivity contribution >= 4 is 0 Å². The van der Waals surface area contributed by atoms with Crippen LogP contribution in [-0.2, 0) is 0 Å². The van der Waals surface area contributed by atoms with Crippen molar-refractivity contribution in [2.75, 3.05) is 0 Å². The summed E-state index contributed by atoms with van der Waals surface area (Å²) in [6.07, 6.45) is 14.2. The van der Waals surface area contributed by atoms with Crippen LogP contribution in [0.15, 0.2) is 0 Å². The summed E-state index contributed by atoms with van der Waals surface area (Å²) in [6.45, 7) is 5.11. The van der Waals surface area contributed by atoms with Crippen LogP contribution in [0.2, 0.25) is 0 Å². The SMILES string of the molecule is C[C@]12CC[C@H]3[C@@H](CCC4CCCC[C@@]43C)[C@@H]1CC[C@@H]2C#N. The summed E-state index contributed by atoms with van der Waals surface area (Å²) in [5.74, 6) is 4.15. The fourth-order valence-electron chi connectivity index (χ4n) is 7.51. The number of hydrogen-bond donors (Lipinski definition) is 0. The van der Waals surface area contributed by atoms with Gasteiger partial charge in [0.05, 0.1) is 12.0 Å². The Bertz CT molecular complexity index is 463. The minimum atomic E-state index is 0.348. The van der Waals surface area contributed by atoms with Crippen molar-refractivity contribution in [1.29, 1.82) is 5.26 Å². The maximum Gasteiger partial charge on any atom is 0.0661 e. The molecule has 0 saturated heterocycles. The van der Waals surface area contributed by atoms with Crippen LogP contribution in [0.1, 0.15) is 78.1 Å². The lowest BCUT2D eigenvalue weighted by atomic mass is 9.45. The summed E-state index contributed by atoms with van der Waals surface area (Å²) >= 11 is 0. The second kappa shape index (κ2) is 4.74. The lowest BCUT2D eigenvalue weighted by molar-refractivity contribution is -0.107. The van der Waals surface area contributed by atoms with Gasteiger partial charge >= 0.3 is 0 Å². The Balaban J connectivity index is 1.64. The van der Waals surface area contributed by atoms with Crippen LogP contribution in [0.5, 0.6) is 0 Å². The van der Waals surface area contributed by atoms with Gasteiger partial charge in [-0.1, -0.05) is 26.7 Å². The van der Waals surface area contributed by atoms with E-state index < -0.39 is 0 Å². The highest BCUT2D eigenvalue weighted by Crippen LogP contribution is 2.67. The van der Waals surface area contributed by atoms with E-state index in [-0.39, 0.29) is 0 Å². The van der Waals surface area contributed by atoms with Gasteiger partial charge in [0, 0.05) is 0 Å². The largest absolute Gasteiger partial charge is 0.198 e. The molecule has 0 amide bonds. The molecule has 0 spiro atoms. The quantitative estimate of drug-likeness (QED) is 0.571. The van der Waals surface area contributed by atoms with Crippen LogP contribution in [0.4, 0.5) is 0 Å². The second-order valence-electron chi connectivity index (χ2n) is 9.21. The van der Waals surface area contributed by atoms with Crippen molar-refractivity contribution in [1.82, 2.24) is 0 Å². The van der Waals surface area contributed by atoms with E-state index >= 15 is 0 Å². The third-order valence-electron chi connectivity index (χ3n) is 8.74.